The van der Waals surface area contributed by atoms with Crippen LogP contribution in [0.4, 0.5) is 0 Å². The molecule has 0 rings (SSSR count). The Bertz CT molecular complexity index is 1890. The fourth-order valence-corrected chi connectivity index (χ4v) is 13.8. The zero-order valence-electron chi connectivity index (χ0n) is 64.1. The van der Waals surface area contributed by atoms with Gasteiger partial charge in [-0.1, -0.05) is 363 Å². The van der Waals surface area contributed by atoms with E-state index in [1.165, 1.54) is 231 Å². The molecule has 0 amide bonds. The van der Waals surface area contributed by atoms with Gasteiger partial charge in [0.25, 0.3) is 0 Å². The summed E-state index contributed by atoms with van der Waals surface area (Å²) in [6.07, 6.45) is 59.7. The van der Waals surface area contributed by atoms with Crippen LogP contribution in [0.15, 0.2) is 0 Å². The molecular formula is C79H154O17P2. The number of phosphoric ester groups is 2. The minimum absolute atomic E-state index is 0.105. The number of unbranched alkanes of at least 4 members (excludes halogenated alkanes) is 48. The van der Waals surface area contributed by atoms with Crippen molar-refractivity contribution in [2.45, 2.75) is 432 Å². The van der Waals surface area contributed by atoms with E-state index in [1.54, 1.807) is 0 Å². The van der Waals surface area contributed by atoms with E-state index in [9.17, 15) is 43.2 Å². The summed E-state index contributed by atoms with van der Waals surface area (Å²) in [5.41, 5.74) is 0. The summed E-state index contributed by atoms with van der Waals surface area (Å²) in [5.74, 6) is -0.632. The van der Waals surface area contributed by atoms with Gasteiger partial charge in [0.15, 0.2) is 12.2 Å². The summed E-state index contributed by atoms with van der Waals surface area (Å²) >= 11 is 0. The van der Waals surface area contributed by atoms with E-state index in [1.807, 2.05) is 0 Å². The Morgan fingerprint density at radius 1 is 0.276 bits per heavy atom. The molecule has 0 aromatic rings. The Balaban J connectivity index is 5.21. The van der Waals surface area contributed by atoms with Gasteiger partial charge in [-0.2, -0.15) is 0 Å². The van der Waals surface area contributed by atoms with Gasteiger partial charge >= 0.3 is 39.5 Å². The second-order valence-electron chi connectivity index (χ2n) is 29.4. The van der Waals surface area contributed by atoms with Crippen LogP contribution in [0.5, 0.6) is 0 Å². The molecule has 582 valence electrons. The van der Waals surface area contributed by atoms with Gasteiger partial charge in [-0.15, -0.1) is 0 Å². The summed E-state index contributed by atoms with van der Waals surface area (Å²) in [7, 11) is -9.92. The Hall–Kier alpha value is -1.94. The van der Waals surface area contributed by atoms with Gasteiger partial charge < -0.3 is 33.8 Å². The number of carbonyl (C=O) groups excluding carboxylic acids is 4. The standard InChI is InChI=1S/C79H154O17P2/c1-7-9-11-13-15-17-19-21-22-23-24-25-26-27-28-30-32-38-45-51-57-63-78(83)95-74(67-89-76(81)61-55-49-43-37-31-29-20-18-16-14-12-10-8-2)69-93-97(85,86)91-65-73(80)66-92-98(87,88)94-70-75(96-79(84)64-58-52-46-40-34-36-42-48-54-60-72(5)6)68-90-77(82)62-56-50-44-39-33-35-41-47-53-59-71(3)4/h71-75,80H,7-70H2,1-6H3,(H,85,86)(H,87,88)/t73-,74-,75-/m1/s1. The maximum absolute atomic E-state index is 13.1. The third-order valence-electron chi connectivity index (χ3n) is 18.5. The number of rotatable bonds is 78. The first kappa shape index (κ1) is 96.1. The molecule has 0 saturated heterocycles. The second-order valence-corrected chi connectivity index (χ2v) is 32.3. The highest BCUT2D eigenvalue weighted by molar-refractivity contribution is 7.47. The second kappa shape index (κ2) is 70.7. The van der Waals surface area contributed by atoms with E-state index in [0.29, 0.717) is 25.7 Å². The van der Waals surface area contributed by atoms with Gasteiger partial charge in [0.05, 0.1) is 26.4 Å². The predicted molar refractivity (Wildman–Crippen MR) is 400 cm³/mol. The van der Waals surface area contributed by atoms with E-state index >= 15 is 0 Å². The molecule has 0 aliphatic heterocycles. The molecule has 0 saturated carbocycles. The topological polar surface area (TPSA) is 237 Å². The molecule has 0 bridgehead atoms. The molecule has 0 heterocycles. The van der Waals surface area contributed by atoms with Gasteiger partial charge in [-0.05, 0) is 37.5 Å². The molecule has 2 unspecified atom stereocenters. The number of ether oxygens (including phenoxy) is 4. The molecule has 0 spiro atoms. The fraction of sp³-hybridized carbons (Fsp3) is 0.949. The summed E-state index contributed by atoms with van der Waals surface area (Å²) in [6, 6.07) is 0. The van der Waals surface area contributed by atoms with Crippen LogP contribution in [0, 0.1) is 11.8 Å². The van der Waals surface area contributed by atoms with Crippen LogP contribution in [0.1, 0.15) is 414 Å². The minimum Gasteiger partial charge on any atom is -0.462 e. The highest BCUT2D eigenvalue weighted by atomic mass is 31.2. The lowest BCUT2D eigenvalue weighted by atomic mass is 10.0. The van der Waals surface area contributed by atoms with Gasteiger partial charge in [-0.3, -0.25) is 37.3 Å². The SMILES string of the molecule is CCCCCCCCCCCCCCCCCCCCCCCC(=O)O[C@H](COC(=O)CCCCCCCCCCCCCCC)COP(=O)(O)OC[C@@H](O)COP(=O)(O)OC[C@@H](COC(=O)CCCCCCCCCCCC(C)C)OC(=O)CCCCCCCCCCCC(C)C. The summed E-state index contributed by atoms with van der Waals surface area (Å²) in [6.45, 7) is 9.57. The van der Waals surface area contributed by atoms with Crippen molar-refractivity contribution >= 4 is 39.5 Å². The molecular weight excluding hydrogens is 1280 g/mol. The molecule has 0 aromatic heterocycles. The Labute approximate surface area is 600 Å². The largest absolute Gasteiger partial charge is 0.472 e. The van der Waals surface area contributed by atoms with Crippen molar-refractivity contribution in [1.82, 2.24) is 0 Å². The average molecular weight is 1440 g/mol. The number of hydrogen-bond acceptors (Lipinski definition) is 15. The molecule has 17 nitrogen and oxygen atoms in total. The molecule has 19 heteroatoms. The summed E-state index contributed by atoms with van der Waals surface area (Å²) in [5, 5.41) is 10.6. The van der Waals surface area contributed by atoms with Crippen LogP contribution in [0.3, 0.4) is 0 Å². The van der Waals surface area contributed by atoms with E-state index in [4.69, 9.17) is 37.0 Å². The summed E-state index contributed by atoms with van der Waals surface area (Å²) in [4.78, 5) is 72.9. The van der Waals surface area contributed by atoms with Crippen molar-refractivity contribution in [2.75, 3.05) is 39.6 Å². The number of aliphatic hydroxyl groups is 1. The lowest BCUT2D eigenvalue weighted by molar-refractivity contribution is -0.161. The van der Waals surface area contributed by atoms with Crippen molar-refractivity contribution < 1.29 is 80.2 Å². The van der Waals surface area contributed by atoms with Crippen molar-refractivity contribution in [2.24, 2.45) is 11.8 Å². The zero-order chi connectivity index (χ0) is 72.1. The first-order valence-electron chi connectivity index (χ1n) is 41.0. The van der Waals surface area contributed by atoms with Crippen LogP contribution in [-0.4, -0.2) is 96.7 Å². The molecule has 0 aliphatic rings. The quantitative estimate of drug-likeness (QED) is 0.0222. The smallest absolute Gasteiger partial charge is 0.462 e. The van der Waals surface area contributed by atoms with Gasteiger partial charge in [0.2, 0.25) is 0 Å². The lowest BCUT2D eigenvalue weighted by Crippen LogP contribution is -2.30. The Morgan fingerprint density at radius 3 is 0.694 bits per heavy atom. The first-order chi connectivity index (χ1) is 47.4. The Kier molecular flexibility index (Phi) is 69.3. The maximum Gasteiger partial charge on any atom is 0.472 e. The van der Waals surface area contributed by atoms with Gasteiger partial charge in [0.1, 0.15) is 19.3 Å². The normalized spacial score (nSPS) is 13.9. The van der Waals surface area contributed by atoms with E-state index < -0.39 is 97.5 Å². The van der Waals surface area contributed by atoms with Crippen LogP contribution in [0.25, 0.3) is 0 Å². The number of phosphoric acid groups is 2. The number of hydrogen-bond donors (Lipinski definition) is 3. The minimum atomic E-state index is -4.96. The predicted octanol–water partition coefficient (Wildman–Crippen LogP) is 23.5. The Morgan fingerprint density at radius 2 is 0.469 bits per heavy atom. The van der Waals surface area contributed by atoms with Crippen LogP contribution in [0.2, 0.25) is 0 Å². The van der Waals surface area contributed by atoms with E-state index in [0.717, 1.165) is 102 Å². The molecule has 3 N–H and O–H groups in total. The molecule has 0 aromatic carbocycles. The van der Waals surface area contributed by atoms with Crippen LogP contribution in [-0.2, 0) is 65.4 Å². The van der Waals surface area contributed by atoms with E-state index in [2.05, 4.69) is 41.5 Å². The third kappa shape index (κ3) is 72.4. The monoisotopic (exact) mass is 1440 g/mol. The first-order valence-corrected chi connectivity index (χ1v) is 44.0. The lowest BCUT2D eigenvalue weighted by Gasteiger charge is -2.21. The highest BCUT2D eigenvalue weighted by Crippen LogP contribution is 2.45. The molecule has 0 aliphatic carbocycles. The average Bonchev–Trinajstić information content (AvgIpc) is 1.28. The molecule has 0 radical (unpaired) electrons. The molecule has 5 atom stereocenters. The van der Waals surface area contributed by atoms with Crippen molar-refractivity contribution in [3.63, 3.8) is 0 Å². The zero-order valence-corrected chi connectivity index (χ0v) is 65.9. The van der Waals surface area contributed by atoms with E-state index in [-0.39, 0.29) is 25.7 Å². The van der Waals surface area contributed by atoms with Crippen molar-refractivity contribution in [3.05, 3.63) is 0 Å². The van der Waals surface area contributed by atoms with Gasteiger partial charge in [0, 0.05) is 25.7 Å². The number of aliphatic hydroxyl groups excluding tert-OH is 1. The van der Waals surface area contributed by atoms with Gasteiger partial charge in [-0.25, -0.2) is 9.13 Å². The molecule has 0 fully saturated rings. The van der Waals surface area contributed by atoms with Crippen LogP contribution >= 0.6 is 15.6 Å². The van der Waals surface area contributed by atoms with Crippen molar-refractivity contribution in [1.29, 1.82) is 0 Å². The fourth-order valence-electron chi connectivity index (χ4n) is 12.2. The number of carbonyl (C=O) groups is 4. The number of esters is 4. The van der Waals surface area contributed by atoms with Crippen molar-refractivity contribution in [3.8, 4) is 0 Å². The molecule has 98 heavy (non-hydrogen) atoms. The third-order valence-corrected chi connectivity index (χ3v) is 20.4. The van der Waals surface area contributed by atoms with Crippen LogP contribution < -0.4 is 0 Å². The summed E-state index contributed by atoms with van der Waals surface area (Å²) < 4.78 is 68.6. The maximum atomic E-state index is 13.1. The highest BCUT2D eigenvalue weighted by Gasteiger charge is 2.30.